The molecule has 0 aliphatic heterocycles. The molecule has 1 fully saturated rings. The number of methoxy groups -OCH3 is 1. The minimum absolute atomic E-state index is 0.0279. The van der Waals surface area contributed by atoms with Crippen LogP contribution < -0.4 is 10.1 Å². The van der Waals surface area contributed by atoms with Crippen LogP contribution in [-0.2, 0) is 4.79 Å². The topological polar surface area (TPSA) is 82.3 Å². The second-order valence-electron chi connectivity index (χ2n) is 5.94. The maximum atomic E-state index is 12.3. The van der Waals surface area contributed by atoms with E-state index in [0.717, 1.165) is 19.3 Å². The van der Waals surface area contributed by atoms with Gasteiger partial charge in [-0.2, -0.15) is 5.26 Å². The van der Waals surface area contributed by atoms with Crippen molar-refractivity contribution >= 4 is 12.0 Å². The van der Waals surface area contributed by atoms with E-state index in [1.807, 2.05) is 6.07 Å². The average molecular weight is 314 g/mol. The second kappa shape index (κ2) is 7.68. The summed E-state index contributed by atoms with van der Waals surface area (Å²) < 4.78 is 4.98. The Morgan fingerprint density at radius 1 is 1.43 bits per heavy atom. The largest absolute Gasteiger partial charge is 0.504 e. The average Bonchev–Trinajstić information content (AvgIpc) is 2.54. The Bertz CT molecular complexity index is 646. The molecule has 5 heteroatoms. The van der Waals surface area contributed by atoms with Crippen LogP contribution in [0, 0.1) is 17.2 Å². The number of hydrogen-bond donors (Lipinski definition) is 2. The van der Waals surface area contributed by atoms with E-state index in [9.17, 15) is 15.2 Å². The number of nitriles is 1. The fourth-order valence-corrected chi connectivity index (χ4v) is 2.89. The van der Waals surface area contributed by atoms with Crippen LogP contribution in [-0.4, -0.2) is 24.2 Å². The zero-order chi connectivity index (χ0) is 16.8. The van der Waals surface area contributed by atoms with Gasteiger partial charge in [0.1, 0.15) is 11.6 Å². The Hall–Kier alpha value is -2.48. The molecule has 0 radical (unpaired) electrons. The summed E-state index contributed by atoms with van der Waals surface area (Å²) in [5, 5.41) is 22.0. The third kappa shape index (κ3) is 4.26. The molecule has 122 valence electrons. The Labute approximate surface area is 136 Å². The lowest BCUT2D eigenvalue weighted by molar-refractivity contribution is -0.118. The van der Waals surface area contributed by atoms with Crippen molar-refractivity contribution in [3.05, 3.63) is 29.3 Å². The number of rotatable bonds is 4. The number of phenolic OH excluding ortho intramolecular Hbond substituents is 1. The van der Waals surface area contributed by atoms with Crippen LogP contribution in [0.3, 0.4) is 0 Å². The van der Waals surface area contributed by atoms with E-state index in [2.05, 4.69) is 12.2 Å². The van der Waals surface area contributed by atoms with Crippen LogP contribution >= 0.6 is 0 Å². The lowest BCUT2D eigenvalue weighted by atomic mass is 9.86. The highest BCUT2D eigenvalue weighted by Crippen LogP contribution is 2.27. The highest BCUT2D eigenvalue weighted by molar-refractivity contribution is 6.01. The van der Waals surface area contributed by atoms with E-state index in [4.69, 9.17) is 4.74 Å². The molecule has 23 heavy (non-hydrogen) atoms. The molecule has 1 aromatic carbocycles. The number of ether oxygens (including phenoxy) is 1. The van der Waals surface area contributed by atoms with Gasteiger partial charge < -0.3 is 15.2 Å². The first kappa shape index (κ1) is 16.9. The van der Waals surface area contributed by atoms with Crippen LogP contribution in [0.1, 0.15) is 38.2 Å². The third-order valence-corrected chi connectivity index (χ3v) is 4.31. The van der Waals surface area contributed by atoms with Crippen molar-refractivity contribution < 1.29 is 14.6 Å². The Morgan fingerprint density at radius 3 is 2.78 bits per heavy atom. The molecule has 1 saturated carbocycles. The van der Waals surface area contributed by atoms with Crippen LogP contribution in [0.2, 0.25) is 0 Å². The molecule has 0 saturated heterocycles. The number of nitrogens with zero attached hydrogens (tertiary/aromatic N) is 1. The van der Waals surface area contributed by atoms with Gasteiger partial charge in [0.25, 0.3) is 5.91 Å². The van der Waals surface area contributed by atoms with Crippen LogP contribution in [0.25, 0.3) is 6.08 Å². The van der Waals surface area contributed by atoms with Crippen molar-refractivity contribution in [1.82, 2.24) is 5.32 Å². The minimum Gasteiger partial charge on any atom is -0.504 e. The highest BCUT2D eigenvalue weighted by atomic mass is 16.5. The number of aromatic hydroxyl groups is 1. The van der Waals surface area contributed by atoms with Crippen molar-refractivity contribution in [2.24, 2.45) is 5.92 Å². The molecule has 5 nitrogen and oxygen atoms in total. The summed E-state index contributed by atoms with van der Waals surface area (Å²) in [7, 11) is 1.46. The van der Waals surface area contributed by atoms with E-state index in [-0.39, 0.29) is 23.3 Å². The normalized spacial score (nSPS) is 21.3. The molecule has 1 aliphatic rings. The van der Waals surface area contributed by atoms with Crippen molar-refractivity contribution in [3.63, 3.8) is 0 Å². The standard InChI is InChI=1S/C18H22N2O3/c1-12-5-3-4-6-15(12)20-18(22)14(11-19)9-13-7-8-17(23-2)16(21)10-13/h7-10,12,15,21H,3-6H2,1-2H3,(H,20,22)/b14-9+/t12-,15-/m0/s1. The monoisotopic (exact) mass is 314 g/mol. The van der Waals surface area contributed by atoms with Crippen molar-refractivity contribution in [2.75, 3.05) is 7.11 Å². The van der Waals surface area contributed by atoms with Gasteiger partial charge in [-0.1, -0.05) is 25.8 Å². The van der Waals surface area contributed by atoms with E-state index in [1.165, 1.54) is 25.7 Å². The van der Waals surface area contributed by atoms with Gasteiger partial charge in [0.15, 0.2) is 11.5 Å². The fourth-order valence-electron chi connectivity index (χ4n) is 2.89. The Morgan fingerprint density at radius 2 is 2.17 bits per heavy atom. The molecule has 0 spiro atoms. The first-order valence-electron chi connectivity index (χ1n) is 7.84. The first-order valence-corrected chi connectivity index (χ1v) is 7.84. The predicted octanol–water partition coefficient (Wildman–Crippen LogP) is 3.00. The molecular formula is C18H22N2O3. The summed E-state index contributed by atoms with van der Waals surface area (Å²) in [6, 6.07) is 6.81. The van der Waals surface area contributed by atoms with Crippen LogP contribution in [0.4, 0.5) is 0 Å². The van der Waals surface area contributed by atoms with Gasteiger partial charge in [0.05, 0.1) is 7.11 Å². The van der Waals surface area contributed by atoms with Crippen molar-refractivity contribution in [2.45, 2.75) is 38.6 Å². The SMILES string of the molecule is COc1ccc(/C=C(\C#N)C(=O)N[C@H]2CCCC[C@@H]2C)cc1O. The molecular weight excluding hydrogens is 292 g/mol. The van der Waals surface area contributed by atoms with Crippen LogP contribution in [0.15, 0.2) is 23.8 Å². The van der Waals surface area contributed by atoms with Gasteiger partial charge in [-0.3, -0.25) is 4.79 Å². The lowest BCUT2D eigenvalue weighted by Crippen LogP contribution is -2.41. The molecule has 2 atom stereocenters. The van der Waals surface area contributed by atoms with Crippen molar-refractivity contribution in [1.29, 1.82) is 5.26 Å². The van der Waals surface area contributed by atoms with E-state index >= 15 is 0 Å². The fraction of sp³-hybridized carbons (Fsp3) is 0.444. The predicted molar refractivity (Wildman–Crippen MR) is 87.8 cm³/mol. The van der Waals surface area contributed by atoms with E-state index in [0.29, 0.717) is 17.2 Å². The van der Waals surface area contributed by atoms with Gasteiger partial charge in [-0.15, -0.1) is 0 Å². The molecule has 0 unspecified atom stereocenters. The number of benzene rings is 1. The van der Waals surface area contributed by atoms with Gasteiger partial charge in [-0.25, -0.2) is 0 Å². The number of hydrogen-bond acceptors (Lipinski definition) is 4. The zero-order valence-corrected chi connectivity index (χ0v) is 13.5. The summed E-state index contributed by atoms with van der Waals surface area (Å²) in [5.41, 5.74) is 0.610. The molecule has 0 aromatic heterocycles. The molecule has 2 N–H and O–H groups in total. The molecule has 0 bridgehead atoms. The molecule has 1 aliphatic carbocycles. The summed E-state index contributed by atoms with van der Waals surface area (Å²) in [6.07, 6.45) is 5.83. The van der Waals surface area contributed by atoms with Crippen molar-refractivity contribution in [3.8, 4) is 17.6 Å². The number of phenols is 1. The second-order valence-corrected chi connectivity index (χ2v) is 5.94. The van der Waals surface area contributed by atoms with Gasteiger partial charge in [0, 0.05) is 6.04 Å². The van der Waals surface area contributed by atoms with E-state index < -0.39 is 0 Å². The Balaban J connectivity index is 2.13. The maximum Gasteiger partial charge on any atom is 0.262 e. The number of carbonyl (C=O) groups excluding carboxylic acids is 1. The minimum atomic E-state index is -0.360. The third-order valence-electron chi connectivity index (χ3n) is 4.31. The number of amides is 1. The molecule has 1 amide bonds. The van der Waals surface area contributed by atoms with Crippen LogP contribution in [0.5, 0.6) is 11.5 Å². The molecule has 2 rings (SSSR count). The quantitative estimate of drug-likeness (QED) is 0.661. The number of carbonyl (C=O) groups is 1. The van der Waals surface area contributed by atoms with E-state index in [1.54, 1.807) is 12.1 Å². The summed E-state index contributed by atoms with van der Waals surface area (Å²) >= 11 is 0. The Kier molecular flexibility index (Phi) is 5.64. The summed E-state index contributed by atoms with van der Waals surface area (Å²) in [4.78, 5) is 12.3. The van der Waals surface area contributed by atoms with Gasteiger partial charge in [0.2, 0.25) is 0 Å². The zero-order valence-electron chi connectivity index (χ0n) is 13.5. The smallest absolute Gasteiger partial charge is 0.262 e. The molecule has 0 heterocycles. The maximum absolute atomic E-state index is 12.3. The summed E-state index contributed by atoms with van der Waals surface area (Å²) in [6.45, 7) is 2.13. The highest BCUT2D eigenvalue weighted by Gasteiger charge is 2.24. The van der Waals surface area contributed by atoms with Gasteiger partial charge >= 0.3 is 0 Å². The van der Waals surface area contributed by atoms with Gasteiger partial charge in [-0.05, 0) is 42.5 Å². The lowest BCUT2D eigenvalue weighted by Gasteiger charge is -2.29. The molecule has 1 aromatic rings. The number of nitrogens with one attached hydrogen (secondary N) is 1. The first-order chi connectivity index (χ1) is 11.0. The summed E-state index contributed by atoms with van der Waals surface area (Å²) in [5.74, 6) is 0.389.